The molecule has 0 atom stereocenters. The molecule has 1 aromatic heterocycles. The molecule has 1 aromatic rings. The van der Waals surface area contributed by atoms with Gasteiger partial charge in [-0.05, 0) is 31.6 Å². The lowest BCUT2D eigenvalue weighted by Gasteiger charge is -2.35. The molecule has 1 heterocycles. The molecule has 0 unspecified atom stereocenters. The van der Waals surface area contributed by atoms with Crippen molar-refractivity contribution in [3.8, 4) is 0 Å². The number of aromatic nitrogens is 3. The van der Waals surface area contributed by atoms with Gasteiger partial charge in [-0.15, -0.1) is 0 Å². The molecule has 1 saturated carbocycles. The first kappa shape index (κ1) is 14.5. The fourth-order valence-corrected chi connectivity index (χ4v) is 2.96. The van der Waals surface area contributed by atoms with Crippen LogP contribution in [0.3, 0.4) is 0 Å². The van der Waals surface area contributed by atoms with Crippen LogP contribution in [0.2, 0.25) is 0 Å². The van der Waals surface area contributed by atoms with Gasteiger partial charge in [-0.2, -0.15) is 5.10 Å². The van der Waals surface area contributed by atoms with Crippen LogP contribution >= 0.6 is 0 Å². The Morgan fingerprint density at radius 1 is 1.32 bits per heavy atom. The fraction of sp³-hybridized carbons (Fsp3) is 0.867. The number of hydrogen-bond acceptors (Lipinski definition) is 3. The van der Waals surface area contributed by atoms with E-state index in [2.05, 4.69) is 32.8 Å². The summed E-state index contributed by atoms with van der Waals surface area (Å²) in [5.41, 5.74) is 6.33. The highest BCUT2D eigenvalue weighted by Crippen LogP contribution is 2.38. The minimum atomic E-state index is -0.281. The standard InChI is InChI=1S/C15H28N4/c1-6-11-7-9-15(16,10-8-11)13-17-12(14(2,3)4)18-19(13)5/h11H,6-10,16H2,1-5H3. The maximum atomic E-state index is 6.63. The van der Waals surface area contributed by atoms with Crippen LogP contribution in [0.15, 0.2) is 0 Å². The summed E-state index contributed by atoms with van der Waals surface area (Å²) in [5.74, 6) is 2.70. The zero-order chi connectivity index (χ0) is 14.3. The number of rotatable bonds is 2. The molecule has 0 aliphatic heterocycles. The van der Waals surface area contributed by atoms with E-state index in [9.17, 15) is 0 Å². The average Bonchev–Trinajstić information content (AvgIpc) is 2.73. The van der Waals surface area contributed by atoms with Gasteiger partial charge >= 0.3 is 0 Å². The monoisotopic (exact) mass is 264 g/mol. The van der Waals surface area contributed by atoms with Gasteiger partial charge in [-0.25, -0.2) is 4.98 Å². The second-order valence-electron chi connectivity index (χ2n) is 7.14. The molecule has 1 aliphatic carbocycles. The molecule has 108 valence electrons. The van der Waals surface area contributed by atoms with E-state index < -0.39 is 0 Å². The quantitative estimate of drug-likeness (QED) is 0.893. The van der Waals surface area contributed by atoms with E-state index in [4.69, 9.17) is 10.7 Å². The summed E-state index contributed by atoms with van der Waals surface area (Å²) in [4.78, 5) is 4.75. The van der Waals surface area contributed by atoms with Crippen molar-refractivity contribution in [2.75, 3.05) is 0 Å². The third-order valence-electron chi connectivity index (χ3n) is 4.45. The average molecular weight is 264 g/mol. The largest absolute Gasteiger partial charge is 0.319 e. The first-order valence-corrected chi connectivity index (χ1v) is 7.47. The molecule has 4 nitrogen and oxygen atoms in total. The number of nitrogens with zero attached hydrogens (tertiary/aromatic N) is 3. The zero-order valence-corrected chi connectivity index (χ0v) is 13.0. The molecule has 2 N–H and O–H groups in total. The molecule has 0 spiro atoms. The Balaban J connectivity index is 2.24. The molecule has 2 rings (SSSR count). The maximum absolute atomic E-state index is 6.63. The lowest BCUT2D eigenvalue weighted by atomic mass is 9.75. The summed E-state index contributed by atoms with van der Waals surface area (Å²) in [6.07, 6.45) is 5.75. The minimum Gasteiger partial charge on any atom is -0.319 e. The normalized spacial score (nSPS) is 28.6. The fourth-order valence-electron chi connectivity index (χ4n) is 2.96. The Morgan fingerprint density at radius 3 is 2.32 bits per heavy atom. The molecule has 1 aliphatic rings. The Bertz CT molecular complexity index is 433. The van der Waals surface area contributed by atoms with Crippen LogP contribution in [0.1, 0.15) is 71.4 Å². The summed E-state index contributed by atoms with van der Waals surface area (Å²) < 4.78 is 1.90. The molecular formula is C15H28N4. The minimum absolute atomic E-state index is 0.0208. The van der Waals surface area contributed by atoms with E-state index in [1.54, 1.807) is 0 Å². The van der Waals surface area contributed by atoms with Crippen molar-refractivity contribution in [1.82, 2.24) is 14.8 Å². The van der Waals surface area contributed by atoms with Crippen molar-refractivity contribution in [3.63, 3.8) is 0 Å². The predicted octanol–water partition coefficient (Wildman–Crippen LogP) is 2.87. The van der Waals surface area contributed by atoms with E-state index in [0.29, 0.717) is 0 Å². The van der Waals surface area contributed by atoms with Gasteiger partial charge in [0.2, 0.25) is 0 Å². The topological polar surface area (TPSA) is 56.7 Å². The molecule has 0 saturated heterocycles. The molecule has 1 fully saturated rings. The third kappa shape index (κ3) is 2.83. The number of hydrogen-bond donors (Lipinski definition) is 1. The van der Waals surface area contributed by atoms with Crippen molar-refractivity contribution in [1.29, 1.82) is 0 Å². The smallest absolute Gasteiger partial charge is 0.156 e. The van der Waals surface area contributed by atoms with Crippen molar-refractivity contribution in [3.05, 3.63) is 11.6 Å². The van der Waals surface area contributed by atoms with Crippen LogP contribution in [-0.2, 0) is 18.0 Å². The van der Waals surface area contributed by atoms with Crippen molar-refractivity contribution in [2.45, 2.75) is 70.8 Å². The Morgan fingerprint density at radius 2 is 1.89 bits per heavy atom. The second-order valence-corrected chi connectivity index (χ2v) is 7.14. The van der Waals surface area contributed by atoms with Gasteiger partial charge in [0.15, 0.2) is 5.82 Å². The summed E-state index contributed by atoms with van der Waals surface area (Å²) in [6.45, 7) is 8.70. The Hall–Kier alpha value is -0.900. The van der Waals surface area contributed by atoms with Gasteiger partial charge < -0.3 is 5.73 Å². The number of nitrogens with two attached hydrogens (primary N) is 1. The van der Waals surface area contributed by atoms with Crippen LogP contribution in [0.5, 0.6) is 0 Å². The van der Waals surface area contributed by atoms with Crippen LogP contribution in [0.25, 0.3) is 0 Å². The number of aryl methyl sites for hydroxylation is 1. The molecule has 0 radical (unpaired) electrons. The summed E-state index contributed by atoms with van der Waals surface area (Å²) >= 11 is 0. The van der Waals surface area contributed by atoms with Gasteiger partial charge in [0.25, 0.3) is 0 Å². The molecule has 0 aromatic carbocycles. The third-order valence-corrected chi connectivity index (χ3v) is 4.45. The first-order chi connectivity index (χ1) is 8.76. The van der Waals surface area contributed by atoms with E-state index in [0.717, 1.165) is 30.4 Å². The Kier molecular flexibility index (Phi) is 3.74. The van der Waals surface area contributed by atoms with Crippen molar-refractivity contribution >= 4 is 0 Å². The summed E-state index contributed by atoms with van der Waals surface area (Å²) in [6, 6.07) is 0. The second kappa shape index (κ2) is 4.89. The van der Waals surface area contributed by atoms with Gasteiger partial charge in [-0.3, -0.25) is 4.68 Å². The van der Waals surface area contributed by atoms with E-state index >= 15 is 0 Å². The lowest BCUT2D eigenvalue weighted by Crippen LogP contribution is -2.42. The highest BCUT2D eigenvalue weighted by atomic mass is 15.3. The highest BCUT2D eigenvalue weighted by molar-refractivity contribution is 5.12. The van der Waals surface area contributed by atoms with E-state index in [-0.39, 0.29) is 11.0 Å². The van der Waals surface area contributed by atoms with E-state index in [1.165, 1.54) is 19.3 Å². The zero-order valence-electron chi connectivity index (χ0n) is 13.0. The Labute approximate surface area is 116 Å². The van der Waals surface area contributed by atoms with Crippen LogP contribution in [0.4, 0.5) is 0 Å². The predicted molar refractivity (Wildman–Crippen MR) is 77.8 cm³/mol. The van der Waals surface area contributed by atoms with Gasteiger partial charge in [0.05, 0.1) is 5.54 Å². The highest BCUT2D eigenvalue weighted by Gasteiger charge is 2.37. The van der Waals surface area contributed by atoms with Gasteiger partial charge in [0, 0.05) is 12.5 Å². The molecule has 0 amide bonds. The first-order valence-electron chi connectivity index (χ1n) is 7.47. The molecule has 19 heavy (non-hydrogen) atoms. The molecular weight excluding hydrogens is 236 g/mol. The lowest BCUT2D eigenvalue weighted by molar-refractivity contribution is 0.217. The van der Waals surface area contributed by atoms with Crippen molar-refractivity contribution in [2.24, 2.45) is 18.7 Å². The van der Waals surface area contributed by atoms with Gasteiger partial charge in [0.1, 0.15) is 5.82 Å². The van der Waals surface area contributed by atoms with E-state index in [1.807, 2.05) is 11.7 Å². The maximum Gasteiger partial charge on any atom is 0.156 e. The molecule has 4 heteroatoms. The summed E-state index contributed by atoms with van der Waals surface area (Å²) in [5, 5.41) is 4.57. The van der Waals surface area contributed by atoms with Crippen molar-refractivity contribution < 1.29 is 0 Å². The summed E-state index contributed by atoms with van der Waals surface area (Å²) in [7, 11) is 1.97. The van der Waals surface area contributed by atoms with Crippen LogP contribution in [0, 0.1) is 5.92 Å². The SMILES string of the molecule is CCC1CCC(N)(c2nc(C(C)(C)C)nn2C)CC1. The van der Waals surface area contributed by atoms with Crippen LogP contribution in [-0.4, -0.2) is 14.8 Å². The van der Waals surface area contributed by atoms with Crippen LogP contribution < -0.4 is 5.73 Å². The molecule has 0 bridgehead atoms. The van der Waals surface area contributed by atoms with Gasteiger partial charge in [-0.1, -0.05) is 34.1 Å².